The monoisotopic (exact) mass is 478 g/mol. The van der Waals surface area contributed by atoms with Gasteiger partial charge < -0.3 is 0 Å². The third-order valence-electron chi connectivity index (χ3n) is 4.52. The van der Waals surface area contributed by atoms with Crippen molar-refractivity contribution in [3.63, 3.8) is 0 Å². The number of hydrogen-bond donors (Lipinski definition) is 2. The molecule has 0 aliphatic heterocycles. The molecule has 0 saturated carbocycles. The van der Waals surface area contributed by atoms with E-state index in [0.717, 1.165) is 16.0 Å². The summed E-state index contributed by atoms with van der Waals surface area (Å²) in [5.74, 6) is -0.00362. The van der Waals surface area contributed by atoms with Crippen LogP contribution in [-0.2, 0) is 11.3 Å². The number of halogens is 1. The van der Waals surface area contributed by atoms with E-state index >= 15 is 0 Å². The second-order valence-corrected chi connectivity index (χ2v) is 8.44. The molecular formula is C23H19ClN6O2S. The van der Waals surface area contributed by atoms with Crippen molar-refractivity contribution in [2.45, 2.75) is 11.4 Å². The van der Waals surface area contributed by atoms with Crippen molar-refractivity contribution in [1.29, 1.82) is 0 Å². The van der Waals surface area contributed by atoms with E-state index < -0.39 is 5.91 Å². The number of aromatic nitrogens is 4. The van der Waals surface area contributed by atoms with Crippen LogP contribution in [0.15, 0.2) is 83.8 Å². The zero-order valence-corrected chi connectivity index (χ0v) is 18.9. The Bertz CT molecular complexity index is 1230. The first-order valence-corrected chi connectivity index (χ1v) is 11.3. The Morgan fingerprint density at radius 1 is 0.909 bits per heavy atom. The summed E-state index contributed by atoms with van der Waals surface area (Å²) in [5, 5.41) is 13.2. The number of hydrazine groups is 1. The number of carbonyl (C=O) groups is 2. The smallest absolute Gasteiger partial charge is 0.269 e. The Kier molecular flexibility index (Phi) is 7.33. The summed E-state index contributed by atoms with van der Waals surface area (Å²) in [5.41, 5.74) is 7.06. The summed E-state index contributed by atoms with van der Waals surface area (Å²) in [7, 11) is 0. The van der Waals surface area contributed by atoms with Crippen molar-refractivity contribution in [3.05, 3.63) is 95.0 Å². The van der Waals surface area contributed by atoms with Gasteiger partial charge in [0.1, 0.15) is 0 Å². The van der Waals surface area contributed by atoms with Crippen LogP contribution < -0.4 is 10.9 Å². The van der Waals surface area contributed by atoms with E-state index in [4.69, 9.17) is 11.6 Å². The van der Waals surface area contributed by atoms with Gasteiger partial charge in [0.15, 0.2) is 0 Å². The number of carbonyl (C=O) groups excluding carboxylic acids is 2. The minimum absolute atomic E-state index is 0.163. The number of nitrogens with zero attached hydrogens (tertiary/aromatic N) is 4. The van der Waals surface area contributed by atoms with E-state index in [1.54, 1.807) is 36.4 Å². The maximum atomic E-state index is 12.3. The first kappa shape index (κ1) is 22.5. The maximum Gasteiger partial charge on any atom is 0.269 e. The predicted molar refractivity (Wildman–Crippen MR) is 127 cm³/mol. The molecule has 0 atom stereocenters. The van der Waals surface area contributed by atoms with Gasteiger partial charge in [-0.3, -0.25) is 20.4 Å². The van der Waals surface area contributed by atoms with E-state index in [0.29, 0.717) is 23.0 Å². The summed E-state index contributed by atoms with van der Waals surface area (Å²) in [6, 6.07) is 23.7. The molecule has 166 valence electrons. The van der Waals surface area contributed by atoms with Crippen molar-refractivity contribution in [2.75, 3.05) is 5.75 Å². The maximum absolute atomic E-state index is 12.3. The highest BCUT2D eigenvalue weighted by Gasteiger charge is 2.09. The van der Waals surface area contributed by atoms with E-state index in [2.05, 4.69) is 26.3 Å². The largest absolute Gasteiger partial charge is 0.272 e. The van der Waals surface area contributed by atoms with Crippen molar-refractivity contribution < 1.29 is 9.59 Å². The molecule has 0 unspecified atom stereocenters. The average Bonchev–Trinajstić information content (AvgIpc) is 3.31. The summed E-state index contributed by atoms with van der Waals surface area (Å²) in [4.78, 5) is 26.7. The molecule has 0 aliphatic rings. The lowest BCUT2D eigenvalue weighted by atomic mass is 10.1. The average molecular weight is 479 g/mol. The number of thioether (sulfide) groups is 1. The molecular weight excluding hydrogens is 460 g/mol. The number of hydrogen-bond acceptors (Lipinski definition) is 6. The topological polar surface area (TPSA) is 102 Å². The lowest BCUT2D eigenvalue weighted by Crippen LogP contribution is -2.42. The lowest BCUT2D eigenvalue weighted by Gasteiger charge is -2.08. The van der Waals surface area contributed by atoms with Crippen LogP contribution in [0.1, 0.15) is 15.9 Å². The second-order valence-electron chi connectivity index (χ2n) is 6.95. The molecule has 1 heterocycles. The SMILES string of the molecule is O=C(CSc1ccc(Cl)cc1)NNC(=O)c1ccc(Cn2nnc(-c3ccccc3)n2)cc1. The quantitative estimate of drug-likeness (QED) is 0.311. The van der Waals surface area contributed by atoms with Crippen LogP contribution >= 0.6 is 23.4 Å². The summed E-state index contributed by atoms with van der Waals surface area (Å²) < 4.78 is 0. The summed E-state index contributed by atoms with van der Waals surface area (Å²) in [6.07, 6.45) is 0. The molecule has 8 nitrogen and oxygen atoms in total. The highest BCUT2D eigenvalue weighted by atomic mass is 35.5. The molecule has 4 aromatic rings. The predicted octanol–water partition coefficient (Wildman–Crippen LogP) is 3.60. The molecule has 0 radical (unpaired) electrons. The molecule has 2 amide bonds. The highest BCUT2D eigenvalue weighted by molar-refractivity contribution is 8.00. The fraction of sp³-hybridized carbons (Fsp3) is 0.0870. The Balaban J connectivity index is 1.25. The van der Waals surface area contributed by atoms with Gasteiger partial charge in [0.05, 0.1) is 12.3 Å². The van der Waals surface area contributed by atoms with Crippen LogP contribution in [0.4, 0.5) is 0 Å². The van der Waals surface area contributed by atoms with E-state index in [1.807, 2.05) is 42.5 Å². The molecule has 0 saturated heterocycles. The van der Waals surface area contributed by atoms with Crippen molar-refractivity contribution >= 4 is 35.2 Å². The van der Waals surface area contributed by atoms with Crippen LogP contribution in [-0.4, -0.2) is 37.8 Å². The highest BCUT2D eigenvalue weighted by Crippen LogP contribution is 2.19. The van der Waals surface area contributed by atoms with Gasteiger partial charge in [-0.05, 0) is 47.2 Å². The first-order chi connectivity index (χ1) is 16.1. The third-order valence-corrected chi connectivity index (χ3v) is 5.79. The van der Waals surface area contributed by atoms with Gasteiger partial charge in [-0.2, -0.15) is 4.80 Å². The molecule has 0 spiro atoms. The Labute approximate surface area is 199 Å². The molecule has 10 heteroatoms. The standard InChI is InChI=1S/C23H19ClN6O2S/c24-19-10-12-20(13-11-19)33-15-21(31)25-27-23(32)18-8-6-16(7-9-18)14-30-28-22(26-29-30)17-4-2-1-3-5-17/h1-13H,14-15H2,(H,25,31)(H,27,32). The summed E-state index contributed by atoms with van der Waals surface area (Å²) in [6.45, 7) is 0.417. The molecule has 1 aromatic heterocycles. The minimum atomic E-state index is -0.406. The van der Waals surface area contributed by atoms with Crippen LogP contribution in [0.2, 0.25) is 5.02 Å². The molecule has 3 aromatic carbocycles. The van der Waals surface area contributed by atoms with Gasteiger partial charge in [0, 0.05) is 21.0 Å². The molecule has 0 aliphatic carbocycles. The second kappa shape index (κ2) is 10.8. The molecule has 0 bridgehead atoms. The third kappa shape index (κ3) is 6.41. The summed E-state index contributed by atoms with van der Waals surface area (Å²) >= 11 is 7.19. The van der Waals surface area contributed by atoms with E-state index in [9.17, 15) is 9.59 Å². The normalized spacial score (nSPS) is 10.6. The number of nitrogens with one attached hydrogen (secondary N) is 2. The fourth-order valence-corrected chi connectivity index (χ4v) is 3.68. The molecule has 33 heavy (non-hydrogen) atoms. The van der Waals surface area contributed by atoms with Gasteiger partial charge in [-0.1, -0.05) is 54.1 Å². The van der Waals surface area contributed by atoms with Crippen molar-refractivity contribution in [1.82, 2.24) is 31.1 Å². The van der Waals surface area contributed by atoms with Gasteiger partial charge in [-0.25, -0.2) is 0 Å². The first-order valence-electron chi connectivity index (χ1n) is 9.96. The minimum Gasteiger partial charge on any atom is -0.272 e. The molecule has 4 rings (SSSR count). The van der Waals surface area contributed by atoms with Gasteiger partial charge in [0.2, 0.25) is 11.7 Å². The van der Waals surface area contributed by atoms with Crippen molar-refractivity contribution in [2.24, 2.45) is 0 Å². The molecule has 2 N–H and O–H groups in total. The number of benzene rings is 3. The van der Waals surface area contributed by atoms with Crippen molar-refractivity contribution in [3.8, 4) is 11.4 Å². The molecule has 0 fully saturated rings. The van der Waals surface area contributed by atoms with Crippen LogP contribution in [0, 0.1) is 0 Å². The van der Waals surface area contributed by atoms with E-state index in [1.165, 1.54) is 16.6 Å². The van der Waals surface area contributed by atoms with Crippen LogP contribution in [0.3, 0.4) is 0 Å². The van der Waals surface area contributed by atoms with Crippen LogP contribution in [0.25, 0.3) is 11.4 Å². The van der Waals surface area contributed by atoms with Crippen LogP contribution in [0.5, 0.6) is 0 Å². The van der Waals surface area contributed by atoms with E-state index in [-0.39, 0.29) is 11.7 Å². The van der Waals surface area contributed by atoms with Gasteiger partial charge in [0.25, 0.3) is 5.91 Å². The Hall–Kier alpha value is -3.69. The fourth-order valence-electron chi connectivity index (χ4n) is 2.85. The van der Waals surface area contributed by atoms with Gasteiger partial charge in [-0.15, -0.1) is 22.0 Å². The number of tetrazole rings is 1. The lowest BCUT2D eigenvalue weighted by molar-refractivity contribution is -0.119. The Morgan fingerprint density at radius 2 is 1.64 bits per heavy atom. The zero-order valence-electron chi connectivity index (χ0n) is 17.3. The van der Waals surface area contributed by atoms with Gasteiger partial charge >= 0.3 is 0 Å². The number of rotatable bonds is 7. The zero-order chi connectivity index (χ0) is 23.0. The Morgan fingerprint density at radius 3 is 2.36 bits per heavy atom. The number of amides is 2.